The molecule has 0 bridgehead atoms. The van der Waals surface area contributed by atoms with E-state index < -0.39 is 5.60 Å². The Morgan fingerprint density at radius 1 is 1.12 bits per heavy atom. The summed E-state index contributed by atoms with van der Waals surface area (Å²) >= 11 is 1.74. The fourth-order valence-electron chi connectivity index (χ4n) is 3.25. The van der Waals surface area contributed by atoms with Crippen LogP contribution in [0.2, 0.25) is 0 Å². The molecule has 5 heteroatoms. The van der Waals surface area contributed by atoms with Gasteiger partial charge in [-0.15, -0.1) is 0 Å². The number of amides is 1. The molecule has 0 aliphatic carbocycles. The molecule has 26 heavy (non-hydrogen) atoms. The van der Waals surface area contributed by atoms with Crippen LogP contribution < -0.4 is 10.6 Å². The Kier molecular flexibility index (Phi) is 6.01. The summed E-state index contributed by atoms with van der Waals surface area (Å²) in [6.07, 6.45) is 1.38. The minimum atomic E-state index is -0.725. The lowest BCUT2D eigenvalue weighted by Crippen LogP contribution is -2.51. The van der Waals surface area contributed by atoms with Crippen LogP contribution in [0.25, 0.3) is 0 Å². The van der Waals surface area contributed by atoms with Gasteiger partial charge in [-0.2, -0.15) is 0 Å². The van der Waals surface area contributed by atoms with Crippen molar-refractivity contribution in [2.24, 2.45) is 0 Å². The van der Waals surface area contributed by atoms with E-state index in [0.29, 0.717) is 12.8 Å². The van der Waals surface area contributed by atoms with Gasteiger partial charge in [0.2, 0.25) is 0 Å². The lowest BCUT2D eigenvalue weighted by atomic mass is 9.91. The zero-order valence-electron chi connectivity index (χ0n) is 15.6. The summed E-state index contributed by atoms with van der Waals surface area (Å²) in [5, 5.41) is 6.28. The van der Waals surface area contributed by atoms with Gasteiger partial charge in [0.25, 0.3) is 5.91 Å². The zero-order chi connectivity index (χ0) is 18.6. The first kappa shape index (κ1) is 19.0. The first-order valence-electron chi connectivity index (χ1n) is 8.95. The Morgan fingerprint density at radius 2 is 1.81 bits per heavy atom. The van der Waals surface area contributed by atoms with Gasteiger partial charge in [0.05, 0.1) is 0 Å². The van der Waals surface area contributed by atoms with Crippen molar-refractivity contribution in [2.45, 2.75) is 42.1 Å². The summed E-state index contributed by atoms with van der Waals surface area (Å²) in [4.78, 5) is 15.1. The number of nitrogens with one attached hydrogen (secondary N) is 2. The average molecular weight is 371 g/mol. The summed E-state index contributed by atoms with van der Waals surface area (Å²) in [6, 6.07) is 14.5. The third-order valence-electron chi connectivity index (χ3n) is 4.89. The lowest BCUT2D eigenvalue weighted by molar-refractivity contribution is -0.140. The molecule has 0 unspecified atom stereocenters. The predicted octanol–water partition coefficient (Wildman–Crippen LogP) is 4.16. The van der Waals surface area contributed by atoms with E-state index >= 15 is 0 Å². The predicted molar refractivity (Wildman–Crippen MR) is 107 cm³/mol. The van der Waals surface area contributed by atoms with E-state index in [0.717, 1.165) is 23.7 Å². The van der Waals surface area contributed by atoms with E-state index in [1.54, 1.807) is 18.9 Å². The standard InChI is InChI=1S/C21H26N2O2S/c1-15-4-9-19(16(2)14-15)26-18-7-5-17(6-8-18)23-20(24)21(25-3)10-12-22-13-11-21/h4-9,14,22H,10-13H2,1-3H3,(H,23,24). The first-order chi connectivity index (χ1) is 12.5. The third kappa shape index (κ3) is 4.29. The highest BCUT2D eigenvalue weighted by Crippen LogP contribution is 2.32. The molecule has 1 fully saturated rings. The Hall–Kier alpha value is -1.82. The van der Waals surface area contributed by atoms with Gasteiger partial charge >= 0.3 is 0 Å². The van der Waals surface area contributed by atoms with Crippen LogP contribution in [0.3, 0.4) is 0 Å². The summed E-state index contributed by atoms with van der Waals surface area (Å²) in [7, 11) is 1.62. The van der Waals surface area contributed by atoms with Crippen molar-refractivity contribution in [1.29, 1.82) is 0 Å². The number of methoxy groups -OCH3 is 1. The van der Waals surface area contributed by atoms with Crippen molar-refractivity contribution in [3.63, 3.8) is 0 Å². The number of carbonyl (C=O) groups excluding carboxylic acids is 1. The van der Waals surface area contributed by atoms with Crippen LogP contribution >= 0.6 is 11.8 Å². The van der Waals surface area contributed by atoms with E-state index in [9.17, 15) is 4.79 Å². The quantitative estimate of drug-likeness (QED) is 0.830. The Labute approximate surface area is 159 Å². The summed E-state index contributed by atoms with van der Waals surface area (Å²) in [6.45, 7) is 5.83. The maximum Gasteiger partial charge on any atom is 0.256 e. The number of carbonyl (C=O) groups is 1. The molecule has 4 nitrogen and oxygen atoms in total. The van der Waals surface area contributed by atoms with Crippen molar-refractivity contribution >= 4 is 23.4 Å². The number of ether oxygens (including phenoxy) is 1. The molecular weight excluding hydrogens is 344 g/mol. The van der Waals surface area contributed by atoms with Gasteiger partial charge in [-0.3, -0.25) is 4.79 Å². The number of aryl methyl sites for hydroxylation is 2. The molecule has 0 atom stereocenters. The first-order valence-corrected chi connectivity index (χ1v) is 9.76. The molecule has 0 spiro atoms. The topological polar surface area (TPSA) is 50.4 Å². The monoisotopic (exact) mass is 370 g/mol. The highest BCUT2D eigenvalue weighted by molar-refractivity contribution is 7.99. The number of hydrogen-bond acceptors (Lipinski definition) is 4. The van der Waals surface area contributed by atoms with Gasteiger partial charge in [0, 0.05) is 22.6 Å². The highest BCUT2D eigenvalue weighted by atomic mass is 32.2. The Bertz CT molecular complexity index is 768. The Morgan fingerprint density at radius 3 is 2.42 bits per heavy atom. The molecule has 0 radical (unpaired) electrons. The third-order valence-corrected chi connectivity index (χ3v) is 6.07. The molecule has 138 valence electrons. The van der Waals surface area contributed by atoms with E-state index in [2.05, 4.69) is 42.7 Å². The summed E-state index contributed by atoms with van der Waals surface area (Å²) < 4.78 is 5.58. The highest BCUT2D eigenvalue weighted by Gasteiger charge is 2.39. The molecule has 0 aromatic heterocycles. The van der Waals surface area contributed by atoms with Gasteiger partial charge in [0.15, 0.2) is 0 Å². The van der Waals surface area contributed by atoms with Crippen LogP contribution in [0.5, 0.6) is 0 Å². The van der Waals surface area contributed by atoms with Crippen LogP contribution in [0.4, 0.5) is 5.69 Å². The fraction of sp³-hybridized carbons (Fsp3) is 0.381. The van der Waals surface area contributed by atoms with Gasteiger partial charge in [0.1, 0.15) is 5.60 Å². The van der Waals surface area contributed by atoms with Crippen LogP contribution in [-0.2, 0) is 9.53 Å². The second-order valence-electron chi connectivity index (χ2n) is 6.80. The number of benzene rings is 2. The van der Waals surface area contributed by atoms with Gasteiger partial charge < -0.3 is 15.4 Å². The van der Waals surface area contributed by atoms with Crippen molar-refractivity contribution in [1.82, 2.24) is 5.32 Å². The Balaban J connectivity index is 1.66. The molecule has 2 N–H and O–H groups in total. The zero-order valence-corrected chi connectivity index (χ0v) is 16.4. The average Bonchev–Trinajstić information content (AvgIpc) is 2.66. The van der Waals surface area contributed by atoms with E-state index in [4.69, 9.17) is 4.74 Å². The number of hydrogen-bond donors (Lipinski definition) is 2. The molecule has 1 heterocycles. The maximum atomic E-state index is 12.7. The SMILES string of the molecule is COC1(C(=O)Nc2ccc(Sc3ccc(C)cc3C)cc2)CCNCC1. The molecule has 1 aliphatic rings. The van der Waals surface area contributed by atoms with Crippen molar-refractivity contribution in [3.8, 4) is 0 Å². The summed E-state index contributed by atoms with van der Waals surface area (Å²) in [5.74, 6) is -0.0590. The molecule has 1 saturated heterocycles. The molecule has 1 amide bonds. The number of rotatable bonds is 5. The van der Waals surface area contributed by atoms with E-state index in [-0.39, 0.29) is 5.91 Å². The van der Waals surface area contributed by atoms with Crippen LogP contribution in [0, 0.1) is 13.8 Å². The number of anilines is 1. The van der Waals surface area contributed by atoms with Gasteiger partial charge in [-0.05, 0) is 75.7 Å². The largest absolute Gasteiger partial charge is 0.368 e. The van der Waals surface area contributed by atoms with Crippen LogP contribution in [-0.4, -0.2) is 31.7 Å². The van der Waals surface area contributed by atoms with Gasteiger partial charge in [-0.1, -0.05) is 29.5 Å². The normalized spacial score (nSPS) is 16.3. The summed E-state index contributed by atoms with van der Waals surface area (Å²) in [5.41, 5.74) is 2.63. The van der Waals surface area contributed by atoms with Crippen molar-refractivity contribution < 1.29 is 9.53 Å². The second kappa shape index (κ2) is 8.25. The smallest absolute Gasteiger partial charge is 0.256 e. The van der Waals surface area contributed by atoms with Crippen LogP contribution in [0.1, 0.15) is 24.0 Å². The molecular formula is C21H26N2O2S. The van der Waals surface area contributed by atoms with E-state index in [1.165, 1.54) is 16.0 Å². The molecule has 1 aliphatic heterocycles. The molecule has 3 rings (SSSR count). The molecule has 2 aromatic carbocycles. The minimum absolute atomic E-state index is 0.0590. The van der Waals surface area contributed by atoms with Crippen molar-refractivity contribution in [3.05, 3.63) is 53.6 Å². The maximum absolute atomic E-state index is 12.7. The fourth-order valence-corrected chi connectivity index (χ4v) is 4.13. The molecule has 2 aromatic rings. The number of piperidine rings is 1. The van der Waals surface area contributed by atoms with Crippen LogP contribution in [0.15, 0.2) is 52.3 Å². The lowest BCUT2D eigenvalue weighted by Gasteiger charge is -2.34. The van der Waals surface area contributed by atoms with E-state index in [1.807, 2.05) is 24.3 Å². The second-order valence-corrected chi connectivity index (χ2v) is 7.91. The molecule has 0 saturated carbocycles. The van der Waals surface area contributed by atoms with Crippen molar-refractivity contribution in [2.75, 3.05) is 25.5 Å². The minimum Gasteiger partial charge on any atom is -0.368 e. The van der Waals surface area contributed by atoms with Gasteiger partial charge in [-0.25, -0.2) is 0 Å².